The first-order chi connectivity index (χ1) is 10.2. The Labute approximate surface area is 130 Å². The fourth-order valence-electron chi connectivity index (χ4n) is 3.88. The summed E-state index contributed by atoms with van der Waals surface area (Å²) < 4.78 is 5.35. The Morgan fingerprint density at radius 3 is 2.71 bits per heavy atom. The normalized spacial score (nSPS) is 23.8. The van der Waals surface area contributed by atoms with Crippen molar-refractivity contribution in [3.05, 3.63) is 29.3 Å². The molecule has 0 aliphatic heterocycles. The standard InChI is InChI=1S/C19H31NO/c1-5-15-8-7-9-16(13-15)19(20-6-2)18-11-10-17(21-4)12-14(18)3/h10-12,15-16,19-20H,5-9,13H2,1-4H3. The van der Waals surface area contributed by atoms with Crippen molar-refractivity contribution in [2.75, 3.05) is 13.7 Å². The molecule has 0 bridgehead atoms. The Kier molecular flexibility index (Phi) is 6.10. The van der Waals surface area contributed by atoms with Crippen LogP contribution in [0, 0.1) is 18.8 Å². The molecule has 1 saturated carbocycles. The fourth-order valence-corrected chi connectivity index (χ4v) is 3.88. The molecular weight excluding hydrogens is 258 g/mol. The molecule has 118 valence electrons. The molecule has 0 aromatic heterocycles. The van der Waals surface area contributed by atoms with Crippen molar-refractivity contribution in [3.63, 3.8) is 0 Å². The first kappa shape index (κ1) is 16.4. The molecule has 2 rings (SSSR count). The highest BCUT2D eigenvalue weighted by Crippen LogP contribution is 2.39. The number of hydrogen-bond acceptors (Lipinski definition) is 2. The van der Waals surface area contributed by atoms with Crippen molar-refractivity contribution >= 4 is 0 Å². The summed E-state index contributed by atoms with van der Waals surface area (Å²) in [6.45, 7) is 7.80. The van der Waals surface area contributed by atoms with E-state index in [-0.39, 0.29) is 0 Å². The maximum absolute atomic E-state index is 5.35. The molecule has 1 aromatic carbocycles. The Hall–Kier alpha value is -1.02. The van der Waals surface area contributed by atoms with Crippen LogP contribution in [0.1, 0.15) is 63.1 Å². The van der Waals surface area contributed by atoms with Crippen molar-refractivity contribution in [3.8, 4) is 5.75 Å². The molecule has 0 spiro atoms. The van der Waals surface area contributed by atoms with Crippen LogP contribution in [-0.4, -0.2) is 13.7 Å². The minimum atomic E-state index is 0.496. The number of aryl methyl sites for hydroxylation is 1. The van der Waals surface area contributed by atoms with Gasteiger partial charge in [0.05, 0.1) is 7.11 Å². The third kappa shape index (κ3) is 4.00. The summed E-state index contributed by atoms with van der Waals surface area (Å²) in [5.74, 6) is 2.65. The molecule has 3 unspecified atom stereocenters. The summed E-state index contributed by atoms with van der Waals surface area (Å²) in [5, 5.41) is 3.75. The highest BCUT2D eigenvalue weighted by molar-refractivity contribution is 5.37. The van der Waals surface area contributed by atoms with Gasteiger partial charge in [0.2, 0.25) is 0 Å². The van der Waals surface area contributed by atoms with Gasteiger partial charge in [0.25, 0.3) is 0 Å². The second-order valence-electron chi connectivity index (χ2n) is 6.46. The van der Waals surface area contributed by atoms with Gasteiger partial charge in [-0.15, -0.1) is 0 Å². The van der Waals surface area contributed by atoms with Gasteiger partial charge in [-0.25, -0.2) is 0 Å². The lowest BCUT2D eigenvalue weighted by atomic mass is 9.74. The van der Waals surface area contributed by atoms with E-state index in [9.17, 15) is 0 Å². The Bertz CT molecular complexity index is 443. The average Bonchev–Trinajstić information content (AvgIpc) is 2.53. The van der Waals surface area contributed by atoms with E-state index < -0.39 is 0 Å². The average molecular weight is 289 g/mol. The number of benzene rings is 1. The van der Waals surface area contributed by atoms with Crippen molar-refractivity contribution < 1.29 is 4.74 Å². The quantitative estimate of drug-likeness (QED) is 0.806. The highest BCUT2D eigenvalue weighted by atomic mass is 16.5. The molecule has 2 nitrogen and oxygen atoms in total. The zero-order valence-corrected chi connectivity index (χ0v) is 14.1. The monoisotopic (exact) mass is 289 g/mol. The predicted molar refractivity (Wildman–Crippen MR) is 89.9 cm³/mol. The molecule has 0 amide bonds. The van der Waals surface area contributed by atoms with Crippen molar-refractivity contribution in [2.45, 2.75) is 58.9 Å². The molecule has 0 heterocycles. The van der Waals surface area contributed by atoms with Crippen molar-refractivity contribution in [1.29, 1.82) is 0 Å². The third-order valence-corrected chi connectivity index (χ3v) is 5.11. The van der Waals surface area contributed by atoms with Gasteiger partial charge >= 0.3 is 0 Å². The number of hydrogen-bond donors (Lipinski definition) is 1. The second-order valence-corrected chi connectivity index (χ2v) is 6.46. The molecule has 1 aromatic rings. The summed E-state index contributed by atoms with van der Waals surface area (Å²) in [5.41, 5.74) is 2.80. The van der Waals surface area contributed by atoms with E-state index >= 15 is 0 Å². The fraction of sp³-hybridized carbons (Fsp3) is 0.684. The van der Waals surface area contributed by atoms with Crippen LogP contribution in [0.4, 0.5) is 0 Å². The molecule has 21 heavy (non-hydrogen) atoms. The molecule has 1 fully saturated rings. The molecule has 1 aliphatic carbocycles. The van der Waals surface area contributed by atoms with E-state index in [1.54, 1.807) is 7.11 Å². The van der Waals surface area contributed by atoms with Gasteiger partial charge in [-0.05, 0) is 61.4 Å². The largest absolute Gasteiger partial charge is 0.497 e. The van der Waals surface area contributed by atoms with Gasteiger partial charge < -0.3 is 10.1 Å². The second kappa shape index (κ2) is 7.84. The summed E-state index contributed by atoms with van der Waals surface area (Å²) in [4.78, 5) is 0. The maximum Gasteiger partial charge on any atom is 0.119 e. The smallest absolute Gasteiger partial charge is 0.119 e. The molecule has 3 atom stereocenters. The number of nitrogens with one attached hydrogen (secondary N) is 1. The summed E-state index contributed by atoms with van der Waals surface area (Å²) in [6.07, 6.45) is 6.88. The van der Waals surface area contributed by atoms with Crippen LogP contribution in [0.15, 0.2) is 18.2 Å². The van der Waals surface area contributed by atoms with E-state index in [0.717, 1.165) is 24.1 Å². The van der Waals surface area contributed by atoms with Gasteiger partial charge in [-0.2, -0.15) is 0 Å². The van der Waals surface area contributed by atoms with Crippen molar-refractivity contribution in [1.82, 2.24) is 5.32 Å². The van der Waals surface area contributed by atoms with Crippen LogP contribution in [0.2, 0.25) is 0 Å². The SMILES string of the molecule is CCNC(c1ccc(OC)cc1C)C1CCCC(CC)C1. The van der Waals surface area contributed by atoms with Crippen LogP contribution in [0.5, 0.6) is 5.75 Å². The van der Waals surface area contributed by atoms with Crippen LogP contribution in [-0.2, 0) is 0 Å². The van der Waals surface area contributed by atoms with E-state index in [2.05, 4.69) is 44.3 Å². The number of rotatable bonds is 6. The lowest BCUT2D eigenvalue weighted by Crippen LogP contribution is -2.32. The van der Waals surface area contributed by atoms with Crippen LogP contribution < -0.4 is 10.1 Å². The van der Waals surface area contributed by atoms with E-state index in [4.69, 9.17) is 4.74 Å². The third-order valence-electron chi connectivity index (χ3n) is 5.11. The number of methoxy groups -OCH3 is 1. The summed E-state index contributed by atoms with van der Waals surface area (Å²) in [6, 6.07) is 7.03. The molecule has 2 heteroatoms. The zero-order valence-electron chi connectivity index (χ0n) is 14.1. The molecule has 0 saturated heterocycles. The van der Waals surface area contributed by atoms with Gasteiger partial charge in [0.1, 0.15) is 5.75 Å². The first-order valence-corrected chi connectivity index (χ1v) is 8.57. The minimum absolute atomic E-state index is 0.496. The van der Waals surface area contributed by atoms with E-state index in [0.29, 0.717) is 6.04 Å². The summed E-state index contributed by atoms with van der Waals surface area (Å²) in [7, 11) is 1.74. The topological polar surface area (TPSA) is 21.3 Å². The van der Waals surface area contributed by atoms with Crippen LogP contribution in [0.25, 0.3) is 0 Å². The Morgan fingerprint density at radius 1 is 1.29 bits per heavy atom. The maximum atomic E-state index is 5.35. The molecule has 1 N–H and O–H groups in total. The molecule has 0 radical (unpaired) electrons. The van der Waals surface area contributed by atoms with Gasteiger partial charge in [0.15, 0.2) is 0 Å². The summed E-state index contributed by atoms with van der Waals surface area (Å²) >= 11 is 0. The van der Waals surface area contributed by atoms with Crippen molar-refractivity contribution in [2.24, 2.45) is 11.8 Å². The van der Waals surface area contributed by atoms with Crippen LogP contribution in [0.3, 0.4) is 0 Å². The van der Waals surface area contributed by atoms with Gasteiger partial charge in [-0.3, -0.25) is 0 Å². The Morgan fingerprint density at radius 2 is 2.10 bits per heavy atom. The van der Waals surface area contributed by atoms with E-state index in [1.165, 1.54) is 43.2 Å². The zero-order chi connectivity index (χ0) is 15.2. The predicted octanol–water partition coefficient (Wildman–Crippen LogP) is 4.87. The van der Waals surface area contributed by atoms with Gasteiger partial charge in [-0.1, -0.05) is 39.2 Å². The molecule has 1 aliphatic rings. The molecular formula is C19H31NO. The number of ether oxygens (including phenoxy) is 1. The van der Waals surface area contributed by atoms with Crippen LogP contribution >= 0.6 is 0 Å². The minimum Gasteiger partial charge on any atom is -0.497 e. The van der Waals surface area contributed by atoms with E-state index in [1.807, 2.05) is 0 Å². The Balaban J connectivity index is 2.21. The lowest BCUT2D eigenvalue weighted by Gasteiger charge is -2.35. The first-order valence-electron chi connectivity index (χ1n) is 8.57. The lowest BCUT2D eigenvalue weighted by molar-refractivity contribution is 0.210. The van der Waals surface area contributed by atoms with Gasteiger partial charge in [0, 0.05) is 6.04 Å². The highest BCUT2D eigenvalue weighted by Gasteiger charge is 2.29.